The number of ether oxygens (including phenoxy) is 1. The molecule has 0 saturated heterocycles. The van der Waals surface area contributed by atoms with Crippen LogP contribution in [-0.4, -0.2) is 49.9 Å². The molecule has 1 unspecified atom stereocenters. The van der Waals surface area contributed by atoms with Crippen LogP contribution in [0, 0.1) is 5.41 Å². The van der Waals surface area contributed by atoms with Crippen molar-refractivity contribution in [2.45, 2.75) is 46.8 Å². The molecule has 208 valence electrons. The zero-order valence-corrected chi connectivity index (χ0v) is 24.1. The molecule has 0 amide bonds. The third-order valence-electron chi connectivity index (χ3n) is 5.25. The summed E-state index contributed by atoms with van der Waals surface area (Å²) >= 11 is 7.19. The number of hydrogen-bond donors (Lipinski definition) is 2. The number of nitrogens with one attached hydrogen (secondary N) is 1. The minimum Gasteiger partial charge on any atom is -0.369 e. The first-order valence-electron chi connectivity index (χ1n) is 12.0. The highest BCUT2D eigenvalue weighted by Gasteiger charge is 2.26. The predicted octanol–water partition coefficient (Wildman–Crippen LogP) is 4.84. The third-order valence-corrected chi connectivity index (χ3v) is 7.98. The normalized spacial score (nSPS) is 13.6. The first-order chi connectivity index (χ1) is 17.9. The summed E-state index contributed by atoms with van der Waals surface area (Å²) in [5.41, 5.74) is 6.48. The lowest BCUT2D eigenvalue weighted by Gasteiger charge is -2.19. The van der Waals surface area contributed by atoms with E-state index in [4.69, 9.17) is 31.1 Å². The topological polar surface area (TPSA) is 151 Å². The largest absolute Gasteiger partial charge is 0.369 e. The van der Waals surface area contributed by atoms with Gasteiger partial charge in [-0.2, -0.15) is 4.98 Å². The van der Waals surface area contributed by atoms with Gasteiger partial charge in [-0.25, -0.2) is 4.98 Å². The third kappa shape index (κ3) is 9.83. The molecule has 38 heavy (non-hydrogen) atoms. The fraction of sp³-hybridized carbons (Fsp3) is 0.500. The first kappa shape index (κ1) is 30.3. The Hall–Kier alpha value is -2.21. The van der Waals surface area contributed by atoms with Gasteiger partial charge in [0.05, 0.1) is 26.1 Å². The van der Waals surface area contributed by atoms with Crippen molar-refractivity contribution in [2.24, 2.45) is 5.41 Å². The van der Waals surface area contributed by atoms with Crippen molar-refractivity contribution in [3.63, 3.8) is 0 Å². The second-order valence-electron chi connectivity index (χ2n) is 9.73. The highest BCUT2D eigenvalue weighted by Crippen LogP contribution is 2.49. The van der Waals surface area contributed by atoms with E-state index in [1.54, 1.807) is 28.8 Å². The second-order valence-corrected chi connectivity index (χ2v) is 13.3. The molecular formula is C24H33ClN5O6PS. The minimum absolute atomic E-state index is 0.0109. The Morgan fingerprint density at radius 2 is 2.05 bits per heavy atom. The van der Waals surface area contributed by atoms with Crippen LogP contribution in [0.15, 0.2) is 35.4 Å². The summed E-state index contributed by atoms with van der Waals surface area (Å²) in [6.07, 6.45) is 2.40. The molecule has 0 saturated carbocycles. The molecule has 2 aromatic heterocycles. The minimum atomic E-state index is -3.68. The molecule has 0 aliphatic heterocycles. The van der Waals surface area contributed by atoms with E-state index in [9.17, 15) is 14.2 Å². The van der Waals surface area contributed by atoms with Gasteiger partial charge in [-0.1, -0.05) is 56.3 Å². The number of hydrogen-bond acceptors (Lipinski definition) is 10. The van der Waals surface area contributed by atoms with Gasteiger partial charge in [-0.05, 0) is 29.5 Å². The van der Waals surface area contributed by atoms with Gasteiger partial charge in [0.25, 0.3) is 5.56 Å². The monoisotopic (exact) mass is 585 g/mol. The molecule has 3 rings (SSSR count). The summed E-state index contributed by atoms with van der Waals surface area (Å²) in [6.45, 7) is 6.72. The van der Waals surface area contributed by atoms with E-state index in [-0.39, 0.29) is 54.7 Å². The molecule has 0 spiro atoms. The quantitative estimate of drug-likeness (QED) is 0.198. The molecule has 2 heterocycles. The molecule has 11 nitrogen and oxygen atoms in total. The van der Waals surface area contributed by atoms with Gasteiger partial charge in [0.2, 0.25) is 5.95 Å². The van der Waals surface area contributed by atoms with E-state index in [2.05, 4.69) is 35.7 Å². The molecule has 0 radical (unpaired) electrons. The first-order valence-corrected chi connectivity index (χ1v) is 15.1. The number of carbonyl (C=O) groups excluding carboxylic acids is 1. The molecule has 0 aliphatic carbocycles. The summed E-state index contributed by atoms with van der Waals surface area (Å²) in [4.78, 5) is 34.6. The van der Waals surface area contributed by atoms with Crippen molar-refractivity contribution in [3.05, 3.63) is 51.5 Å². The lowest BCUT2D eigenvalue weighted by Crippen LogP contribution is -2.13. The molecule has 3 N–H and O–H groups in total. The number of H-pyrrole nitrogens is 1. The number of carbonyl (C=O) groups is 1. The van der Waals surface area contributed by atoms with Crippen LogP contribution in [0.4, 0.5) is 5.95 Å². The van der Waals surface area contributed by atoms with Gasteiger partial charge in [-0.3, -0.25) is 19.1 Å². The number of anilines is 1. The summed E-state index contributed by atoms with van der Waals surface area (Å²) in [5, 5.41) is 0.596. The number of imidazole rings is 1. The van der Waals surface area contributed by atoms with E-state index >= 15 is 0 Å². The van der Waals surface area contributed by atoms with Crippen molar-refractivity contribution < 1.29 is 23.1 Å². The van der Waals surface area contributed by atoms with Crippen molar-refractivity contribution in [2.75, 3.05) is 31.0 Å². The van der Waals surface area contributed by atoms with Gasteiger partial charge >= 0.3 is 7.60 Å². The highest BCUT2D eigenvalue weighted by atomic mass is 35.5. The molecule has 1 aromatic carbocycles. The van der Waals surface area contributed by atoms with Gasteiger partial charge in [-0.15, -0.1) is 0 Å². The van der Waals surface area contributed by atoms with Gasteiger partial charge in [0, 0.05) is 23.7 Å². The number of rotatable bonds is 14. The zero-order chi connectivity index (χ0) is 27.8. The average molecular weight is 586 g/mol. The fourth-order valence-corrected chi connectivity index (χ4v) is 5.53. The Morgan fingerprint density at radius 3 is 2.79 bits per heavy atom. The van der Waals surface area contributed by atoms with Crippen molar-refractivity contribution in [3.8, 4) is 0 Å². The zero-order valence-electron chi connectivity index (χ0n) is 21.6. The van der Waals surface area contributed by atoms with Gasteiger partial charge in [0.1, 0.15) is 6.35 Å². The molecule has 0 fully saturated rings. The number of aromatic amines is 1. The smallest absolute Gasteiger partial charge is 0.356 e. The lowest BCUT2D eigenvalue weighted by molar-refractivity contribution is -0.111. The lowest BCUT2D eigenvalue weighted by atomic mass is 9.91. The number of halogens is 1. The summed E-state index contributed by atoms with van der Waals surface area (Å²) in [5.74, 6) is 0.322. The van der Waals surface area contributed by atoms with E-state index < -0.39 is 13.2 Å². The number of aromatic nitrogens is 4. The fourth-order valence-electron chi connectivity index (χ4n) is 3.27. The Kier molecular flexibility index (Phi) is 11.0. The predicted molar refractivity (Wildman–Crippen MR) is 149 cm³/mol. The standard InChI is InChI=1S/C24H33ClN5O6PS/c1-24(2,3)8-7-19(31)38-12-11-35-37(33,36-14-17-5-4-6-18(25)13-17)16-34-10-9-30-15-27-20-21(30)28-23(26)29-22(20)32/h4-6,13,15H,7-12,14,16H2,1-3H3,(H3,26,28,29,32). The van der Waals surface area contributed by atoms with Crippen LogP contribution in [0.5, 0.6) is 0 Å². The number of benzene rings is 1. The molecule has 0 aliphatic rings. The van der Waals surface area contributed by atoms with E-state index in [0.29, 0.717) is 22.8 Å². The summed E-state index contributed by atoms with van der Waals surface area (Å²) in [6, 6.07) is 7.01. The van der Waals surface area contributed by atoms with Crippen molar-refractivity contribution in [1.82, 2.24) is 19.5 Å². The van der Waals surface area contributed by atoms with Crippen LogP contribution >= 0.6 is 31.0 Å². The van der Waals surface area contributed by atoms with Crippen LogP contribution < -0.4 is 11.3 Å². The maximum atomic E-state index is 13.4. The van der Waals surface area contributed by atoms with Crippen LogP contribution in [0.25, 0.3) is 11.2 Å². The van der Waals surface area contributed by atoms with Crippen LogP contribution in [0.2, 0.25) is 5.02 Å². The van der Waals surface area contributed by atoms with Gasteiger partial charge in [0.15, 0.2) is 16.3 Å². The molecule has 3 aromatic rings. The molecule has 0 bridgehead atoms. The molecule has 14 heteroatoms. The number of nitrogens with zero attached hydrogens (tertiary/aromatic N) is 3. The Morgan fingerprint density at radius 1 is 1.26 bits per heavy atom. The average Bonchev–Trinajstić information content (AvgIpc) is 3.25. The Balaban J connectivity index is 1.54. The number of thioether (sulfide) groups is 1. The molecular weight excluding hydrogens is 553 g/mol. The van der Waals surface area contributed by atoms with E-state index in [0.717, 1.165) is 23.7 Å². The summed E-state index contributed by atoms with van der Waals surface area (Å²) in [7, 11) is -3.68. The van der Waals surface area contributed by atoms with Crippen LogP contribution in [-0.2, 0) is 36.3 Å². The SMILES string of the molecule is CC(C)(C)CCC(=O)SCCOP(=O)(COCCn1cnc2c(=O)[nH]c(N)nc21)OCc1cccc(Cl)c1. The van der Waals surface area contributed by atoms with Crippen LogP contribution in [0.1, 0.15) is 39.2 Å². The Bertz CT molecular complexity index is 1340. The van der Waals surface area contributed by atoms with Crippen molar-refractivity contribution in [1.29, 1.82) is 0 Å². The van der Waals surface area contributed by atoms with E-state index in [1.807, 2.05) is 0 Å². The second kappa shape index (κ2) is 13.7. The highest BCUT2D eigenvalue weighted by molar-refractivity contribution is 8.13. The van der Waals surface area contributed by atoms with E-state index in [1.165, 1.54) is 6.33 Å². The summed E-state index contributed by atoms with van der Waals surface area (Å²) < 4.78 is 32.0. The number of fused-ring (bicyclic) bond motifs is 1. The Labute approximate surface area is 230 Å². The van der Waals surface area contributed by atoms with Gasteiger partial charge < -0.3 is 24.1 Å². The number of nitrogens with two attached hydrogens (primary N) is 1. The van der Waals surface area contributed by atoms with Crippen molar-refractivity contribution >= 4 is 53.2 Å². The maximum absolute atomic E-state index is 13.4. The maximum Gasteiger partial charge on any atom is 0.356 e. The number of nitrogen functional groups attached to an aromatic ring is 1. The molecule has 1 atom stereocenters. The van der Waals surface area contributed by atoms with Crippen LogP contribution in [0.3, 0.4) is 0 Å².